The average molecular weight is 552 g/mol. The number of hydrogen-bond acceptors (Lipinski definition) is 7. The number of fused-ring (bicyclic) bond motifs is 1. The maximum absolute atomic E-state index is 12.4. The van der Waals surface area contributed by atoms with E-state index in [2.05, 4.69) is 67.0 Å². The van der Waals surface area contributed by atoms with Gasteiger partial charge in [0.15, 0.2) is 0 Å². The van der Waals surface area contributed by atoms with Crippen LogP contribution in [0.15, 0.2) is 67.5 Å². The minimum atomic E-state index is -0.277. The second kappa shape index (κ2) is 11.6. The molecule has 0 spiro atoms. The van der Waals surface area contributed by atoms with Gasteiger partial charge in [-0.25, -0.2) is 9.97 Å². The zero-order valence-corrected chi connectivity index (χ0v) is 23.8. The Bertz CT molecular complexity index is 1570. The summed E-state index contributed by atoms with van der Waals surface area (Å²) in [5.41, 5.74) is 5.33. The predicted molar refractivity (Wildman–Crippen MR) is 165 cm³/mol. The number of ether oxygens (including phenoxy) is 1. The maximum atomic E-state index is 12.4. The average Bonchev–Trinajstić information content (AvgIpc) is 3.55. The molecule has 0 bridgehead atoms. The topological polar surface area (TPSA) is 87.5 Å². The molecule has 1 saturated carbocycles. The van der Waals surface area contributed by atoms with E-state index >= 15 is 0 Å². The fraction of sp³-hybridized carbons (Fsp3) is 0.344. The van der Waals surface area contributed by atoms with E-state index in [4.69, 9.17) is 9.72 Å². The van der Waals surface area contributed by atoms with Crippen LogP contribution >= 0.6 is 0 Å². The number of nitrogens with zero attached hydrogens (tertiary/aromatic N) is 5. The van der Waals surface area contributed by atoms with E-state index in [1.54, 1.807) is 13.3 Å². The van der Waals surface area contributed by atoms with Crippen molar-refractivity contribution in [3.05, 3.63) is 67.5 Å². The van der Waals surface area contributed by atoms with Gasteiger partial charge in [0.05, 0.1) is 29.9 Å². The van der Waals surface area contributed by atoms with E-state index in [1.165, 1.54) is 42.7 Å². The number of carbonyl (C=O) groups excluding carboxylic acids is 1. The van der Waals surface area contributed by atoms with Crippen LogP contribution in [0.5, 0.6) is 5.75 Å². The zero-order chi connectivity index (χ0) is 28.3. The third-order valence-corrected chi connectivity index (χ3v) is 7.98. The molecule has 2 aromatic carbocycles. The fourth-order valence-electron chi connectivity index (χ4n) is 5.61. The third kappa shape index (κ3) is 5.76. The molecule has 1 saturated heterocycles. The van der Waals surface area contributed by atoms with Crippen molar-refractivity contribution in [1.82, 2.24) is 19.4 Å². The molecule has 1 amide bonds. The Morgan fingerprint density at radius 1 is 1.17 bits per heavy atom. The molecular formula is C32H37N7O2. The molecule has 0 unspecified atom stereocenters. The summed E-state index contributed by atoms with van der Waals surface area (Å²) >= 11 is 0. The van der Waals surface area contributed by atoms with E-state index in [1.807, 2.05) is 25.2 Å². The minimum absolute atomic E-state index is 0.277. The van der Waals surface area contributed by atoms with Crippen molar-refractivity contribution >= 4 is 39.8 Å². The van der Waals surface area contributed by atoms with Crippen LogP contribution in [0.1, 0.15) is 31.7 Å². The monoisotopic (exact) mass is 551 g/mol. The van der Waals surface area contributed by atoms with Gasteiger partial charge < -0.3 is 29.7 Å². The van der Waals surface area contributed by atoms with Crippen LogP contribution in [0.2, 0.25) is 0 Å². The standard InChI is InChI=1S/C32H37N7O2/c1-4-31(40)34-26-19-27(30(41-3)20-29(26)37(2)17-18-38-15-7-8-16-38)36-32-33-14-13-25(35-32)24-21-39(22-11-12-22)28-10-6-5-9-23(24)28/h4-6,9-10,13-14,19-22H,1,7-8,11-12,15-18H2,2-3H3,(H,34,40)(H,33,35,36). The zero-order valence-electron chi connectivity index (χ0n) is 23.8. The lowest BCUT2D eigenvalue weighted by atomic mass is 10.1. The van der Waals surface area contributed by atoms with E-state index in [-0.39, 0.29) is 5.91 Å². The number of nitrogens with one attached hydrogen (secondary N) is 2. The van der Waals surface area contributed by atoms with Gasteiger partial charge in [-0.3, -0.25) is 4.79 Å². The highest BCUT2D eigenvalue weighted by atomic mass is 16.5. The number of benzene rings is 2. The van der Waals surface area contributed by atoms with Crippen molar-refractivity contribution in [2.45, 2.75) is 31.7 Å². The number of methoxy groups -OCH3 is 1. The van der Waals surface area contributed by atoms with Crippen LogP contribution in [0.3, 0.4) is 0 Å². The highest BCUT2D eigenvalue weighted by Crippen LogP contribution is 2.41. The molecule has 0 atom stereocenters. The Labute approximate surface area is 240 Å². The smallest absolute Gasteiger partial charge is 0.247 e. The second-order valence-electron chi connectivity index (χ2n) is 10.8. The van der Waals surface area contributed by atoms with Crippen LogP contribution in [0.25, 0.3) is 22.2 Å². The molecule has 41 heavy (non-hydrogen) atoms. The summed E-state index contributed by atoms with van der Waals surface area (Å²) in [6, 6.07) is 14.8. The Morgan fingerprint density at radius 2 is 1.98 bits per heavy atom. The second-order valence-corrected chi connectivity index (χ2v) is 10.8. The summed E-state index contributed by atoms with van der Waals surface area (Å²) in [5, 5.41) is 7.49. The summed E-state index contributed by atoms with van der Waals surface area (Å²) in [4.78, 5) is 26.4. The highest BCUT2D eigenvalue weighted by Gasteiger charge is 2.26. The van der Waals surface area contributed by atoms with E-state index in [9.17, 15) is 4.79 Å². The van der Waals surface area contributed by atoms with Gasteiger partial charge in [0.2, 0.25) is 11.9 Å². The first-order valence-corrected chi connectivity index (χ1v) is 14.3. The number of hydrogen-bond donors (Lipinski definition) is 2. The van der Waals surface area contributed by atoms with E-state index < -0.39 is 0 Å². The SMILES string of the molecule is C=CC(=O)Nc1cc(Nc2nccc(-c3cn(C4CC4)c4ccccc34)n2)c(OC)cc1N(C)CCN1CCCC1. The number of likely N-dealkylation sites (tertiary alicyclic amines) is 1. The van der Waals surface area contributed by atoms with Crippen LogP contribution < -0.4 is 20.3 Å². The number of anilines is 4. The lowest BCUT2D eigenvalue weighted by molar-refractivity contribution is -0.111. The number of rotatable bonds is 11. The minimum Gasteiger partial charge on any atom is -0.494 e. The lowest BCUT2D eigenvalue weighted by Crippen LogP contribution is -2.32. The van der Waals surface area contributed by atoms with E-state index in [0.29, 0.717) is 29.1 Å². The summed E-state index contributed by atoms with van der Waals surface area (Å²) in [5.74, 6) is 0.796. The molecule has 2 fully saturated rings. The molecule has 1 aliphatic carbocycles. The van der Waals surface area contributed by atoms with Gasteiger partial charge in [-0.05, 0) is 63.0 Å². The molecular weight excluding hydrogens is 514 g/mol. The van der Waals surface area contributed by atoms with Crippen LogP contribution in [-0.2, 0) is 4.79 Å². The Hall–Kier alpha value is -4.37. The lowest BCUT2D eigenvalue weighted by Gasteiger charge is -2.26. The Balaban J connectivity index is 1.31. The first-order valence-electron chi connectivity index (χ1n) is 14.3. The number of aromatic nitrogens is 3. The van der Waals surface area contributed by atoms with Gasteiger partial charge >= 0.3 is 0 Å². The molecule has 1 aliphatic heterocycles. The molecule has 9 nitrogen and oxygen atoms in total. The Morgan fingerprint density at radius 3 is 2.73 bits per heavy atom. The van der Waals surface area contributed by atoms with Crippen molar-refractivity contribution in [3.63, 3.8) is 0 Å². The Kier molecular flexibility index (Phi) is 7.61. The number of amides is 1. The van der Waals surface area contributed by atoms with Crippen molar-refractivity contribution in [1.29, 1.82) is 0 Å². The maximum Gasteiger partial charge on any atom is 0.247 e. The van der Waals surface area contributed by atoms with Crippen molar-refractivity contribution in [3.8, 4) is 17.0 Å². The van der Waals surface area contributed by atoms with Gasteiger partial charge in [-0.15, -0.1) is 0 Å². The van der Waals surface area contributed by atoms with Gasteiger partial charge in [-0.2, -0.15) is 0 Å². The molecule has 4 aromatic rings. The van der Waals surface area contributed by atoms with Crippen LogP contribution in [0.4, 0.5) is 23.0 Å². The number of likely N-dealkylation sites (N-methyl/N-ethyl adjacent to an activating group) is 1. The van der Waals surface area contributed by atoms with Gasteiger partial charge in [0.25, 0.3) is 0 Å². The normalized spacial score (nSPS) is 15.2. The quantitative estimate of drug-likeness (QED) is 0.226. The van der Waals surface area contributed by atoms with E-state index in [0.717, 1.165) is 43.1 Å². The molecule has 212 valence electrons. The third-order valence-electron chi connectivity index (χ3n) is 7.98. The van der Waals surface area contributed by atoms with Gasteiger partial charge in [0, 0.05) is 61.1 Å². The molecule has 6 rings (SSSR count). The largest absolute Gasteiger partial charge is 0.494 e. The highest BCUT2D eigenvalue weighted by molar-refractivity contribution is 6.02. The molecule has 2 aromatic heterocycles. The summed E-state index contributed by atoms with van der Waals surface area (Å²) in [6.45, 7) is 7.69. The molecule has 3 heterocycles. The molecule has 2 N–H and O–H groups in total. The molecule has 9 heteroatoms. The summed E-state index contributed by atoms with van der Waals surface area (Å²) in [7, 11) is 3.67. The first kappa shape index (κ1) is 26.8. The number of para-hydroxylation sites is 1. The first-order chi connectivity index (χ1) is 20.0. The predicted octanol–water partition coefficient (Wildman–Crippen LogP) is 5.84. The van der Waals surface area contributed by atoms with Crippen LogP contribution in [-0.4, -0.2) is 65.7 Å². The molecule has 2 aliphatic rings. The van der Waals surface area contributed by atoms with Crippen molar-refractivity contribution < 1.29 is 9.53 Å². The van der Waals surface area contributed by atoms with Crippen LogP contribution in [0, 0.1) is 0 Å². The molecule has 0 radical (unpaired) electrons. The fourth-order valence-corrected chi connectivity index (χ4v) is 5.61. The van der Waals surface area contributed by atoms with Crippen molar-refractivity contribution in [2.24, 2.45) is 0 Å². The van der Waals surface area contributed by atoms with Gasteiger partial charge in [-0.1, -0.05) is 24.8 Å². The number of carbonyl (C=O) groups is 1. The van der Waals surface area contributed by atoms with Gasteiger partial charge in [0.1, 0.15) is 5.75 Å². The van der Waals surface area contributed by atoms with Crippen molar-refractivity contribution in [2.75, 3.05) is 55.9 Å². The summed E-state index contributed by atoms with van der Waals surface area (Å²) < 4.78 is 8.16. The summed E-state index contributed by atoms with van der Waals surface area (Å²) in [6.07, 6.45) is 10.2.